The van der Waals surface area contributed by atoms with Crippen molar-refractivity contribution in [2.24, 2.45) is 0 Å². The van der Waals surface area contributed by atoms with Crippen LogP contribution in [-0.2, 0) is 9.59 Å². The molecule has 0 spiro atoms. The van der Waals surface area contributed by atoms with E-state index in [-0.39, 0.29) is 11.8 Å². The smallest absolute Gasteiger partial charge is 0.244 e. The molecule has 2 aliphatic heterocycles. The number of hydrogen-bond acceptors (Lipinski definition) is 5. The third-order valence-electron chi connectivity index (χ3n) is 5.20. The first-order valence-electron chi connectivity index (χ1n) is 10.7. The number of fused-ring (bicyclic) bond motifs is 1. The topological polar surface area (TPSA) is 67.9 Å². The van der Waals surface area contributed by atoms with E-state index in [9.17, 15) is 9.59 Å². The van der Waals surface area contributed by atoms with Crippen molar-refractivity contribution in [2.45, 2.75) is 29.1 Å². The molecule has 0 radical (unpaired) electrons. The third kappa shape index (κ3) is 5.99. The zero-order valence-corrected chi connectivity index (χ0v) is 19.2. The van der Waals surface area contributed by atoms with Gasteiger partial charge in [0.1, 0.15) is 13.2 Å². The maximum absolute atomic E-state index is 12.0. The van der Waals surface area contributed by atoms with E-state index in [1.54, 1.807) is 17.8 Å². The summed E-state index contributed by atoms with van der Waals surface area (Å²) in [6.07, 6.45) is 5.57. The lowest BCUT2D eigenvalue weighted by molar-refractivity contribution is -0.127. The van der Waals surface area contributed by atoms with Crippen molar-refractivity contribution in [3.8, 4) is 11.5 Å². The lowest BCUT2D eigenvalue weighted by atomic mass is 10.2. The first-order chi connectivity index (χ1) is 15.6. The minimum Gasteiger partial charge on any atom is -0.486 e. The van der Waals surface area contributed by atoms with Gasteiger partial charge in [-0.1, -0.05) is 29.4 Å². The molecule has 2 aromatic carbocycles. The zero-order valence-electron chi connectivity index (χ0n) is 17.6. The molecule has 1 saturated heterocycles. The largest absolute Gasteiger partial charge is 0.486 e. The summed E-state index contributed by atoms with van der Waals surface area (Å²) < 4.78 is 11.2. The molecule has 0 saturated carbocycles. The lowest BCUT2D eigenvalue weighted by Crippen LogP contribution is -2.29. The number of hydrogen-bond donors (Lipinski definition) is 1. The average molecular weight is 473 g/mol. The number of ether oxygens (including phenoxy) is 2. The molecule has 0 atom stereocenters. The molecule has 2 aliphatic rings. The summed E-state index contributed by atoms with van der Waals surface area (Å²) >= 11 is 8.02. The highest BCUT2D eigenvalue weighted by atomic mass is 35.5. The summed E-state index contributed by atoms with van der Waals surface area (Å²) in [5, 5.41) is 3.47. The van der Waals surface area contributed by atoms with Crippen molar-refractivity contribution in [2.75, 3.05) is 32.8 Å². The van der Waals surface area contributed by atoms with Crippen LogP contribution in [0.25, 0.3) is 6.08 Å². The van der Waals surface area contributed by atoms with Gasteiger partial charge in [0.05, 0.1) is 5.02 Å². The average Bonchev–Trinajstić information content (AvgIpc) is 3.21. The Labute approximate surface area is 196 Å². The van der Waals surface area contributed by atoms with Gasteiger partial charge in [-0.25, -0.2) is 0 Å². The molecular weight excluding hydrogens is 448 g/mol. The second-order valence-electron chi connectivity index (χ2n) is 7.56. The number of nitrogens with one attached hydrogen (secondary N) is 1. The first kappa shape index (κ1) is 22.6. The maximum Gasteiger partial charge on any atom is 0.244 e. The van der Waals surface area contributed by atoms with Crippen LogP contribution >= 0.6 is 23.4 Å². The Morgan fingerprint density at radius 1 is 1.16 bits per heavy atom. The Morgan fingerprint density at radius 2 is 2.00 bits per heavy atom. The van der Waals surface area contributed by atoms with Crippen LogP contribution in [0.5, 0.6) is 11.5 Å². The highest BCUT2D eigenvalue weighted by molar-refractivity contribution is 7.99. The lowest BCUT2D eigenvalue weighted by Gasteiger charge is -2.18. The number of halogens is 1. The summed E-state index contributed by atoms with van der Waals surface area (Å²) in [5.74, 6) is 1.55. The molecular formula is C24H25ClN2O4S. The molecule has 2 heterocycles. The number of amides is 2. The summed E-state index contributed by atoms with van der Waals surface area (Å²) in [6, 6.07) is 11.5. The Kier molecular flexibility index (Phi) is 7.60. The van der Waals surface area contributed by atoms with Crippen molar-refractivity contribution in [3.63, 3.8) is 0 Å². The van der Waals surface area contributed by atoms with Gasteiger partial charge in [-0.15, -0.1) is 0 Å². The van der Waals surface area contributed by atoms with Crippen molar-refractivity contribution in [1.82, 2.24) is 10.2 Å². The predicted molar refractivity (Wildman–Crippen MR) is 125 cm³/mol. The number of carbonyl (C=O) groups excluding carboxylic acids is 2. The van der Waals surface area contributed by atoms with Gasteiger partial charge in [-0.05, 0) is 54.8 Å². The molecule has 8 heteroatoms. The van der Waals surface area contributed by atoms with Gasteiger partial charge in [0.25, 0.3) is 0 Å². The standard InChI is InChI=1S/C24H25ClN2O4S/c25-19-15-17(5-9-23(28)26-10-2-12-27-11-1-3-24(27)29)4-8-22(19)32-18-6-7-20-21(16-18)31-14-13-30-20/h4-9,15-16H,1-3,10-14H2,(H,26,28)/b9-5+. The summed E-state index contributed by atoms with van der Waals surface area (Å²) in [4.78, 5) is 27.4. The highest BCUT2D eigenvalue weighted by Gasteiger charge is 2.19. The fraction of sp³-hybridized carbons (Fsp3) is 0.333. The monoisotopic (exact) mass is 472 g/mol. The Hall–Kier alpha value is -2.64. The molecule has 4 rings (SSSR count). The summed E-state index contributed by atoms with van der Waals surface area (Å²) in [7, 11) is 0. The van der Waals surface area contributed by atoms with Gasteiger partial charge in [0, 0.05) is 41.9 Å². The molecule has 0 aromatic heterocycles. The van der Waals surface area contributed by atoms with Gasteiger partial charge in [-0.3, -0.25) is 9.59 Å². The van der Waals surface area contributed by atoms with Crippen LogP contribution in [0.1, 0.15) is 24.8 Å². The van der Waals surface area contributed by atoms with E-state index < -0.39 is 0 Å². The first-order valence-corrected chi connectivity index (χ1v) is 11.9. The van der Waals surface area contributed by atoms with Gasteiger partial charge in [-0.2, -0.15) is 0 Å². The van der Waals surface area contributed by atoms with E-state index in [0.717, 1.165) is 46.2 Å². The fourth-order valence-electron chi connectivity index (χ4n) is 3.57. The minimum absolute atomic E-state index is 0.163. The third-order valence-corrected chi connectivity index (χ3v) is 6.69. The van der Waals surface area contributed by atoms with Gasteiger partial charge >= 0.3 is 0 Å². The van der Waals surface area contributed by atoms with E-state index in [2.05, 4.69) is 5.32 Å². The molecule has 2 amide bonds. The van der Waals surface area contributed by atoms with Crippen LogP contribution in [0, 0.1) is 0 Å². The predicted octanol–water partition coefficient (Wildman–Crippen LogP) is 4.40. The minimum atomic E-state index is -0.163. The van der Waals surface area contributed by atoms with E-state index in [4.69, 9.17) is 21.1 Å². The van der Waals surface area contributed by atoms with Crippen LogP contribution in [0.4, 0.5) is 0 Å². The van der Waals surface area contributed by atoms with E-state index in [0.29, 0.717) is 37.7 Å². The SMILES string of the molecule is O=C(/C=C/c1ccc(Sc2ccc3c(c2)OCCO3)c(Cl)c1)NCCCN1CCCC1=O. The second-order valence-corrected chi connectivity index (χ2v) is 9.08. The van der Waals surface area contributed by atoms with E-state index in [1.807, 2.05) is 41.3 Å². The van der Waals surface area contributed by atoms with Gasteiger partial charge in [0.2, 0.25) is 11.8 Å². The van der Waals surface area contributed by atoms with Crippen LogP contribution in [0.15, 0.2) is 52.3 Å². The van der Waals surface area contributed by atoms with Crippen molar-refractivity contribution < 1.29 is 19.1 Å². The number of carbonyl (C=O) groups is 2. The van der Waals surface area contributed by atoms with Crippen molar-refractivity contribution in [1.29, 1.82) is 0 Å². The molecule has 0 unspecified atom stereocenters. The van der Waals surface area contributed by atoms with Gasteiger partial charge in [0.15, 0.2) is 11.5 Å². The fourth-order valence-corrected chi connectivity index (χ4v) is 4.72. The van der Waals surface area contributed by atoms with Crippen molar-refractivity contribution in [3.05, 3.63) is 53.1 Å². The second kappa shape index (κ2) is 10.8. The Morgan fingerprint density at radius 3 is 2.78 bits per heavy atom. The quantitative estimate of drug-likeness (QED) is 0.455. The van der Waals surface area contributed by atoms with Crippen molar-refractivity contribution >= 4 is 41.3 Å². The number of nitrogens with zero attached hydrogens (tertiary/aromatic N) is 1. The van der Waals surface area contributed by atoms with Crippen LogP contribution in [-0.4, -0.2) is 49.6 Å². The molecule has 0 aliphatic carbocycles. The molecule has 32 heavy (non-hydrogen) atoms. The molecule has 6 nitrogen and oxygen atoms in total. The van der Waals surface area contributed by atoms with Crippen LogP contribution in [0.2, 0.25) is 5.02 Å². The molecule has 1 fully saturated rings. The normalized spacial score (nSPS) is 15.4. The number of rotatable bonds is 8. The van der Waals surface area contributed by atoms with Gasteiger partial charge < -0.3 is 19.7 Å². The number of likely N-dealkylation sites (tertiary alicyclic amines) is 1. The maximum atomic E-state index is 12.0. The number of benzene rings is 2. The van der Waals surface area contributed by atoms with Crippen LogP contribution in [0.3, 0.4) is 0 Å². The molecule has 1 N–H and O–H groups in total. The molecule has 0 bridgehead atoms. The molecule has 168 valence electrons. The highest BCUT2D eigenvalue weighted by Crippen LogP contribution is 2.39. The Balaban J connectivity index is 1.26. The van der Waals surface area contributed by atoms with E-state index in [1.165, 1.54) is 6.08 Å². The van der Waals surface area contributed by atoms with Crippen LogP contribution < -0.4 is 14.8 Å². The summed E-state index contributed by atoms with van der Waals surface area (Å²) in [5.41, 5.74) is 0.847. The van der Waals surface area contributed by atoms with E-state index >= 15 is 0 Å². The molecule has 2 aromatic rings. The zero-order chi connectivity index (χ0) is 22.3. The summed E-state index contributed by atoms with van der Waals surface area (Å²) in [6.45, 7) is 3.18. The Bertz CT molecular complexity index is 1030.